The summed E-state index contributed by atoms with van der Waals surface area (Å²) >= 11 is 0. The van der Waals surface area contributed by atoms with E-state index in [1.165, 1.54) is 30.6 Å². The van der Waals surface area contributed by atoms with Crippen LogP contribution in [0.15, 0.2) is 16.5 Å². The van der Waals surface area contributed by atoms with Gasteiger partial charge in [0, 0.05) is 0 Å². The van der Waals surface area contributed by atoms with Gasteiger partial charge < -0.3 is 14.2 Å². The lowest BCUT2D eigenvalue weighted by atomic mass is 10.3. The van der Waals surface area contributed by atoms with E-state index in [0.29, 0.717) is 5.76 Å². The second kappa shape index (κ2) is 5.29. The molecule has 0 aromatic carbocycles. The molecule has 94 valence electrons. The van der Waals surface area contributed by atoms with Crippen LogP contribution >= 0.6 is 0 Å². The number of hydrogen-bond donors (Lipinski definition) is 2. The molecule has 1 saturated heterocycles. The van der Waals surface area contributed by atoms with Gasteiger partial charge in [0.25, 0.3) is 0 Å². The fourth-order valence-electron chi connectivity index (χ4n) is 2.29. The lowest BCUT2D eigenvalue weighted by Gasteiger charge is -2.28. The third-order valence-corrected chi connectivity index (χ3v) is 3.42. The van der Waals surface area contributed by atoms with Gasteiger partial charge >= 0.3 is 5.88 Å². The van der Waals surface area contributed by atoms with Crippen LogP contribution in [0.25, 0.3) is 0 Å². The lowest BCUT2D eigenvalue weighted by Crippen LogP contribution is -3.27. The van der Waals surface area contributed by atoms with Crippen molar-refractivity contribution in [2.75, 3.05) is 32.7 Å². The highest BCUT2D eigenvalue weighted by Gasteiger charge is 2.23. The van der Waals surface area contributed by atoms with Gasteiger partial charge in [-0.25, -0.2) is 0 Å². The molecule has 2 N–H and O–H groups in total. The average Bonchev–Trinajstić information content (AvgIpc) is 2.79. The third-order valence-electron chi connectivity index (χ3n) is 3.42. The molecule has 0 unspecified atom stereocenters. The van der Waals surface area contributed by atoms with Gasteiger partial charge in [-0.2, -0.15) is 0 Å². The van der Waals surface area contributed by atoms with Crippen molar-refractivity contribution in [1.82, 2.24) is 0 Å². The van der Waals surface area contributed by atoms with E-state index in [9.17, 15) is 10.1 Å². The molecule has 1 aromatic rings. The minimum atomic E-state index is -0.488. The van der Waals surface area contributed by atoms with Crippen molar-refractivity contribution < 1.29 is 19.1 Å². The fraction of sp³-hybridized carbons (Fsp3) is 0.636. The molecule has 0 radical (unpaired) electrons. The Kier molecular flexibility index (Phi) is 3.75. The highest BCUT2D eigenvalue weighted by atomic mass is 16.6. The number of furan rings is 1. The van der Waals surface area contributed by atoms with E-state index in [0.717, 1.165) is 19.6 Å². The van der Waals surface area contributed by atoms with Gasteiger partial charge in [0.1, 0.15) is 37.6 Å². The van der Waals surface area contributed by atoms with Crippen molar-refractivity contribution >= 4 is 5.88 Å². The SMILES string of the molecule is CC[NH+]1CC[NH+](Cc2ccc([N+](=O)[O-])o2)CC1. The van der Waals surface area contributed by atoms with Crippen LogP contribution in [0.2, 0.25) is 0 Å². The number of quaternary nitrogens is 2. The molecule has 1 aromatic heterocycles. The van der Waals surface area contributed by atoms with Crippen LogP contribution in [0.5, 0.6) is 0 Å². The minimum Gasteiger partial charge on any atom is -0.400 e. The van der Waals surface area contributed by atoms with Crippen LogP contribution in [-0.4, -0.2) is 37.6 Å². The summed E-state index contributed by atoms with van der Waals surface area (Å²) in [7, 11) is 0. The van der Waals surface area contributed by atoms with Crippen molar-refractivity contribution in [3.63, 3.8) is 0 Å². The second-order valence-corrected chi connectivity index (χ2v) is 4.53. The van der Waals surface area contributed by atoms with E-state index in [-0.39, 0.29) is 5.88 Å². The predicted octanol–water partition coefficient (Wildman–Crippen LogP) is -1.51. The Morgan fingerprint density at radius 2 is 1.94 bits per heavy atom. The summed E-state index contributed by atoms with van der Waals surface area (Å²) in [6.07, 6.45) is 0. The Balaban J connectivity index is 1.86. The molecule has 17 heavy (non-hydrogen) atoms. The standard InChI is InChI=1S/C11H17N3O3/c1-2-12-5-7-13(8-6-12)9-10-3-4-11(17-10)14(15)16/h3-4H,2,5-9H2,1H3/p+2. The zero-order valence-electron chi connectivity index (χ0n) is 10.1. The maximum atomic E-state index is 10.5. The monoisotopic (exact) mass is 241 g/mol. The normalized spacial score (nSPS) is 24.8. The Labute approximate surface area is 99.9 Å². The molecule has 0 saturated carbocycles. The van der Waals surface area contributed by atoms with E-state index in [1.54, 1.807) is 11.0 Å². The summed E-state index contributed by atoms with van der Waals surface area (Å²) in [6, 6.07) is 3.15. The quantitative estimate of drug-likeness (QED) is 0.497. The molecule has 0 amide bonds. The van der Waals surface area contributed by atoms with Gasteiger partial charge in [-0.3, -0.25) is 10.1 Å². The summed E-state index contributed by atoms with van der Waals surface area (Å²) in [4.78, 5) is 13.1. The molecule has 1 fully saturated rings. The number of nitrogens with one attached hydrogen (secondary N) is 2. The summed E-state index contributed by atoms with van der Waals surface area (Å²) in [6.45, 7) is 8.71. The van der Waals surface area contributed by atoms with E-state index in [2.05, 4.69) is 6.92 Å². The third kappa shape index (κ3) is 3.04. The second-order valence-electron chi connectivity index (χ2n) is 4.53. The van der Waals surface area contributed by atoms with Crippen molar-refractivity contribution in [2.45, 2.75) is 13.5 Å². The number of nitro groups is 1. The first-order valence-corrected chi connectivity index (χ1v) is 6.09. The number of piperazine rings is 1. The van der Waals surface area contributed by atoms with Crippen LogP contribution in [0.1, 0.15) is 12.7 Å². The molecule has 2 rings (SSSR count). The number of hydrogen-bond acceptors (Lipinski definition) is 3. The molecule has 0 spiro atoms. The van der Waals surface area contributed by atoms with Gasteiger partial charge in [-0.05, 0) is 13.0 Å². The van der Waals surface area contributed by atoms with Gasteiger partial charge in [0.15, 0.2) is 5.76 Å². The summed E-state index contributed by atoms with van der Waals surface area (Å²) in [5.74, 6) is 0.559. The Morgan fingerprint density at radius 1 is 1.29 bits per heavy atom. The molecule has 6 heteroatoms. The van der Waals surface area contributed by atoms with Crippen LogP contribution in [-0.2, 0) is 6.54 Å². The maximum Gasteiger partial charge on any atom is 0.433 e. The largest absolute Gasteiger partial charge is 0.433 e. The zero-order chi connectivity index (χ0) is 12.3. The van der Waals surface area contributed by atoms with Gasteiger partial charge in [-0.1, -0.05) is 0 Å². The molecular formula is C11H19N3O3+2. The zero-order valence-corrected chi connectivity index (χ0v) is 10.1. The molecule has 6 nitrogen and oxygen atoms in total. The Hall–Kier alpha value is -1.40. The van der Waals surface area contributed by atoms with Gasteiger partial charge in [0.2, 0.25) is 0 Å². The number of likely N-dealkylation sites (N-methyl/N-ethyl adjacent to an activating group) is 1. The smallest absolute Gasteiger partial charge is 0.400 e. The maximum absolute atomic E-state index is 10.5. The number of rotatable bonds is 4. The minimum absolute atomic E-state index is 0.155. The fourth-order valence-corrected chi connectivity index (χ4v) is 2.29. The molecule has 0 aliphatic carbocycles. The Bertz CT molecular complexity index is 383. The van der Waals surface area contributed by atoms with E-state index in [1.807, 2.05) is 0 Å². The first-order valence-electron chi connectivity index (χ1n) is 6.09. The average molecular weight is 241 g/mol. The summed E-state index contributed by atoms with van der Waals surface area (Å²) in [5, 5.41) is 10.5. The van der Waals surface area contributed by atoms with Crippen molar-refractivity contribution in [2.24, 2.45) is 0 Å². The highest BCUT2D eigenvalue weighted by Crippen LogP contribution is 2.14. The van der Waals surface area contributed by atoms with Gasteiger partial charge in [-0.15, -0.1) is 0 Å². The summed E-state index contributed by atoms with van der Waals surface area (Å²) < 4.78 is 5.17. The van der Waals surface area contributed by atoms with Crippen LogP contribution < -0.4 is 9.80 Å². The van der Waals surface area contributed by atoms with Gasteiger partial charge in [0.05, 0.1) is 12.6 Å². The molecule has 0 atom stereocenters. The highest BCUT2D eigenvalue weighted by molar-refractivity contribution is 5.17. The predicted molar refractivity (Wildman–Crippen MR) is 61.0 cm³/mol. The summed E-state index contributed by atoms with van der Waals surface area (Å²) in [5.41, 5.74) is 0. The first-order chi connectivity index (χ1) is 8.19. The number of nitrogens with zero attached hydrogens (tertiary/aromatic N) is 1. The lowest BCUT2D eigenvalue weighted by molar-refractivity contribution is -1.02. The molecular weight excluding hydrogens is 222 g/mol. The van der Waals surface area contributed by atoms with Crippen molar-refractivity contribution in [3.8, 4) is 0 Å². The topological polar surface area (TPSA) is 65.2 Å². The molecule has 2 heterocycles. The van der Waals surface area contributed by atoms with E-state index >= 15 is 0 Å². The van der Waals surface area contributed by atoms with Crippen LogP contribution in [0, 0.1) is 10.1 Å². The molecule has 1 aliphatic rings. The first kappa shape index (κ1) is 12.1. The van der Waals surface area contributed by atoms with Crippen molar-refractivity contribution in [1.29, 1.82) is 0 Å². The Morgan fingerprint density at radius 3 is 2.47 bits per heavy atom. The molecule has 1 aliphatic heterocycles. The van der Waals surface area contributed by atoms with E-state index in [4.69, 9.17) is 4.42 Å². The van der Waals surface area contributed by atoms with Crippen LogP contribution in [0.3, 0.4) is 0 Å². The molecule has 0 bridgehead atoms. The van der Waals surface area contributed by atoms with E-state index < -0.39 is 4.92 Å². The van der Waals surface area contributed by atoms with Crippen molar-refractivity contribution in [3.05, 3.63) is 28.0 Å². The van der Waals surface area contributed by atoms with Crippen LogP contribution in [0.4, 0.5) is 5.88 Å².